The van der Waals surface area contributed by atoms with Crippen LogP contribution in [-0.4, -0.2) is 34.1 Å². The van der Waals surface area contributed by atoms with Gasteiger partial charge in [-0.25, -0.2) is 9.78 Å². The summed E-state index contributed by atoms with van der Waals surface area (Å²) >= 11 is 0. The van der Waals surface area contributed by atoms with Crippen molar-refractivity contribution in [2.45, 2.75) is 46.1 Å². The Balaban J connectivity index is 2.78. The van der Waals surface area contributed by atoms with E-state index in [0.29, 0.717) is 17.9 Å². The molecule has 0 unspecified atom stereocenters. The first-order chi connectivity index (χ1) is 9.71. The molecule has 0 aliphatic rings. The minimum Gasteiger partial charge on any atom is -0.478 e. The minimum absolute atomic E-state index is 0.0545. The third-order valence-electron chi connectivity index (χ3n) is 2.58. The molecular formula is C15H23N3O3. The summed E-state index contributed by atoms with van der Waals surface area (Å²) in [6.07, 6.45) is 1.57. The van der Waals surface area contributed by atoms with Gasteiger partial charge in [0.15, 0.2) is 0 Å². The third-order valence-corrected chi connectivity index (χ3v) is 2.58. The van der Waals surface area contributed by atoms with Crippen molar-refractivity contribution >= 4 is 17.7 Å². The number of aromatic carboxylic acids is 1. The number of rotatable bonds is 6. The molecule has 0 aliphatic carbocycles. The fourth-order valence-corrected chi connectivity index (χ4v) is 1.82. The standard InChI is InChI=1S/C15H23N3O3/c1-5-6-11-7-10(14(20)21)8-12(17-11)16-9-13(19)18-15(2,3)4/h7-8H,5-6,9H2,1-4H3,(H,16,17)(H,18,19)(H,20,21). The zero-order chi connectivity index (χ0) is 16.0. The number of amides is 1. The molecule has 6 heteroatoms. The largest absolute Gasteiger partial charge is 0.478 e. The molecule has 1 amide bonds. The maximum absolute atomic E-state index is 11.7. The normalized spacial score (nSPS) is 11.0. The van der Waals surface area contributed by atoms with Crippen LogP contribution in [0.15, 0.2) is 12.1 Å². The second-order valence-corrected chi connectivity index (χ2v) is 5.94. The zero-order valence-electron chi connectivity index (χ0n) is 13.0. The predicted molar refractivity (Wildman–Crippen MR) is 81.6 cm³/mol. The van der Waals surface area contributed by atoms with Crippen molar-refractivity contribution in [1.29, 1.82) is 0 Å². The Kier molecular flexibility index (Phi) is 5.69. The van der Waals surface area contributed by atoms with Crippen LogP contribution in [0.1, 0.15) is 50.2 Å². The average Bonchev–Trinajstić information content (AvgIpc) is 2.34. The van der Waals surface area contributed by atoms with Crippen LogP contribution in [0.5, 0.6) is 0 Å². The summed E-state index contributed by atoms with van der Waals surface area (Å²) in [6, 6.07) is 3.00. The number of pyridine rings is 1. The van der Waals surface area contributed by atoms with Gasteiger partial charge in [-0.1, -0.05) is 13.3 Å². The smallest absolute Gasteiger partial charge is 0.335 e. The first kappa shape index (κ1) is 16.9. The van der Waals surface area contributed by atoms with Gasteiger partial charge in [-0.05, 0) is 39.3 Å². The summed E-state index contributed by atoms with van der Waals surface area (Å²) in [7, 11) is 0. The Morgan fingerprint density at radius 1 is 1.29 bits per heavy atom. The molecule has 0 saturated heterocycles. The topological polar surface area (TPSA) is 91.3 Å². The van der Waals surface area contributed by atoms with Gasteiger partial charge in [0.25, 0.3) is 0 Å². The van der Waals surface area contributed by atoms with Gasteiger partial charge in [-0.3, -0.25) is 4.79 Å². The lowest BCUT2D eigenvalue weighted by atomic mass is 10.1. The molecule has 21 heavy (non-hydrogen) atoms. The Morgan fingerprint density at radius 3 is 2.48 bits per heavy atom. The van der Waals surface area contributed by atoms with Gasteiger partial charge in [-0.2, -0.15) is 0 Å². The van der Waals surface area contributed by atoms with Crippen LogP contribution in [0.3, 0.4) is 0 Å². The predicted octanol–water partition coefficient (Wildman–Crippen LogP) is 2.06. The van der Waals surface area contributed by atoms with E-state index in [0.717, 1.165) is 6.42 Å². The van der Waals surface area contributed by atoms with Crippen molar-refractivity contribution < 1.29 is 14.7 Å². The zero-order valence-corrected chi connectivity index (χ0v) is 13.0. The lowest BCUT2D eigenvalue weighted by molar-refractivity contribution is -0.120. The molecule has 0 radical (unpaired) electrons. The Hall–Kier alpha value is -2.11. The number of carboxylic acids is 1. The molecule has 6 nitrogen and oxygen atoms in total. The summed E-state index contributed by atoms with van der Waals surface area (Å²) < 4.78 is 0. The van der Waals surface area contributed by atoms with E-state index in [1.165, 1.54) is 6.07 Å². The number of carbonyl (C=O) groups excluding carboxylic acids is 1. The van der Waals surface area contributed by atoms with Crippen molar-refractivity contribution in [2.24, 2.45) is 0 Å². The molecule has 0 fully saturated rings. The number of anilines is 1. The van der Waals surface area contributed by atoms with E-state index in [4.69, 9.17) is 5.11 Å². The van der Waals surface area contributed by atoms with E-state index in [1.54, 1.807) is 6.07 Å². The summed E-state index contributed by atoms with van der Waals surface area (Å²) in [5.74, 6) is -0.763. The van der Waals surface area contributed by atoms with Gasteiger partial charge < -0.3 is 15.7 Å². The number of aromatic nitrogens is 1. The monoisotopic (exact) mass is 293 g/mol. The number of carboxylic acid groups (broad SMARTS) is 1. The number of aryl methyl sites for hydroxylation is 1. The van der Waals surface area contributed by atoms with E-state index in [2.05, 4.69) is 15.6 Å². The quantitative estimate of drug-likeness (QED) is 0.746. The summed E-state index contributed by atoms with van der Waals surface area (Å²) in [4.78, 5) is 27.2. The Morgan fingerprint density at radius 2 is 1.95 bits per heavy atom. The highest BCUT2D eigenvalue weighted by molar-refractivity contribution is 5.89. The van der Waals surface area contributed by atoms with Crippen LogP contribution < -0.4 is 10.6 Å². The molecule has 1 aromatic heterocycles. The van der Waals surface area contributed by atoms with Crippen LogP contribution in [-0.2, 0) is 11.2 Å². The molecule has 0 aromatic carbocycles. The molecule has 0 spiro atoms. The van der Waals surface area contributed by atoms with Crippen molar-refractivity contribution in [3.8, 4) is 0 Å². The molecule has 3 N–H and O–H groups in total. The van der Waals surface area contributed by atoms with E-state index in [-0.39, 0.29) is 23.6 Å². The number of hydrogen-bond acceptors (Lipinski definition) is 4. The van der Waals surface area contributed by atoms with Gasteiger partial charge in [-0.15, -0.1) is 0 Å². The number of nitrogens with one attached hydrogen (secondary N) is 2. The van der Waals surface area contributed by atoms with Gasteiger partial charge in [0.05, 0.1) is 12.1 Å². The number of hydrogen-bond donors (Lipinski definition) is 3. The molecule has 0 atom stereocenters. The van der Waals surface area contributed by atoms with Crippen molar-refractivity contribution in [3.05, 3.63) is 23.4 Å². The third kappa shape index (κ3) is 6.25. The SMILES string of the molecule is CCCc1cc(C(=O)O)cc(NCC(=O)NC(C)(C)C)n1. The lowest BCUT2D eigenvalue weighted by Gasteiger charge is -2.20. The fourth-order valence-electron chi connectivity index (χ4n) is 1.82. The Labute approximate surface area is 125 Å². The first-order valence-corrected chi connectivity index (χ1v) is 7.00. The minimum atomic E-state index is -1.00. The highest BCUT2D eigenvalue weighted by atomic mass is 16.4. The van der Waals surface area contributed by atoms with Crippen molar-refractivity contribution in [1.82, 2.24) is 10.3 Å². The van der Waals surface area contributed by atoms with Gasteiger partial charge >= 0.3 is 5.97 Å². The second-order valence-electron chi connectivity index (χ2n) is 5.94. The van der Waals surface area contributed by atoms with Crippen LogP contribution in [0.2, 0.25) is 0 Å². The van der Waals surface area contributed by atoms with Crippen molar-refractivity contribution in [2.75, 3.05) is 11.9 Å². The van der Waals surface area contributed by atoms with Crippen molar-refractivity contribution in [3.63, 3.8) is 0 Å². The van der Waals surface area contributed by atoms with Gasteiger partial charge in [0, 0.05) is 11.2 Å². The molecule has 1 heterocycles. The molecule has 0 bridgehead atoms. The average molecular weight is 293 g/mol. The molecule has 1 aromatic rings. The first-order valence-electron chi connectivity index (χ1n) is 7.00. The van der Waals surface area contributed by atoms with E-state index < -0.39 is 5.97 Å². The molecule has 0 saturated carbocycles. The van der Waals surface area contributed by atoms with E-state index >= 15 is 0 Å². The molecule has 116 valence electrons. The number of nitrogens with zero attached hydrogens (tertiary/aromatic N) is 1. The maximum atomic E-state index is 11.7. The van der Waals surface area contributed by atoms with Gasteiger partial charge in [0.2, 0.25) is 5.91 Å². The summed E-state index contributed by atoms with van der Waals surface area (Å²) in [5, 5.41) is 14.8. The second kappa shape index (κ2) is 7.06. The van der Waals surface area contributed by atoms with Crippen LogP contribution in [0, 0.1) is 0 Å². The van der Waals surface area contributed by atoms with Crippen LogP contribution in [0.4, 0.5) is 5.82 Å². The molecular weight excluding hydrogens is 270 g/mol. The summed E-state index contributed by atoms with van der Waals surface area (Å²) in [5.41, 5.74) is 0.575. The fraction of sp³-hybridized carbons (Fsp3) is 0.533. The Bertz CT molecular complexity index is 521. The van der Waals surface area contributed by atoms with Gasteiger partial charge in [0.1, 0.15) is 5.82 Å². The molecule has 0 aliphatic heterocycles. The van der Waals surface area contributed by atoms with Crippen LogP contribution in [0.25, 0.3) is 0 Å². The lowest BCUT2D eigenvalue weighted by Crippen LogP contribution is -2.43. The number of carbonyl (C=O) groups is 2. The van der Waals surface area contributed by atoms with E-state index in [9.17, 15) is 9.59 Å². The highest BCUT2D eigenvalue weighted by Crippen LogP contribution is 2.12. The van der Waals surface area contributed by atoms with E-state index in [1.807, 2.05) is 27.7 Å². The molecule has 1 rings (SSSR count). The highest BCUT2D eigenvalue weighted by Gasteiger charge is 2.14. The maximum Gasteiger partial charge on any atom is 0.335 e. The summed E-state index contributed by atoms with van der Waals surface area (Å²) in [6.45, 7) is 7.74. The van der Waals surface area contributed by atoms with Crippen LogP contribution >= 0.6 is 0 Å².